The Bertz CT molecular complexity index is 3850. The van der Waals surface area contributed by atoms with E-state index in [9.17, 15) is 33.1 Å². The largest absolute Gasteiger partial charge is 0.508 e. The molecule has 100 heavy (non-hydrogen) atoms. The number of amides is 4. The molecule has 9 atom stereocenters. The van der Waals surface area contributed by atoms with Crippen molar-refractivity contribution in [1.82, 2.24) is 40.3 Å². The molecule has 34 heteroatoms. The standard InChI is InChI=1S/C25H29FN4O5.C20H21FN4O3.C16H19FN2O3.C5H6BNO2.3F2/c1-15-12-18-21(31)30(5)22(28-23(32)35-24(2,3)4)29-25(18,14-33-15)17-13-16(9-10-19(17)26)34-20-8-6-7-11-27-20;1-12-8-16-18(26)25(2)19(22)24-20(16,11-27-12)15-9-13(5-6-17(15)21)28-14-4-3-7-23-10-14;1-9-6-13-15(21)19(3)10(2)18-16(13,8-22-9)12-7-11(20)4-5-14(12)17;8-6(9)5-2-1-3-7-4-5;3*1-2/h6-11,13,15,18H,12,14H2,1-5H3,(H,28,29,32);3-7,9-10,12,16H,8,11H2,1-2H3,(H2,22,24);4-5,7,9,13,18,20H,2,6,8H2,1,3H3;1-4,8-9H;;;/t15-,18-,25+;12-,16-,20+;9-,13-,16+;;;;/m000..../s1. The lowest BCUT2D eigenvalue weighted by molar-refractivity contribution is -0.153. The molecule has 0 spiro atoms. The van der Waals surface area contributed by atoms with Crippen LogP contribution in [-0.4, -0.2) is 153 Å². The zero-order chi connectivity index (χ0) is 74.0. The zero-order valence-corrected chi connectivity index (χ0v) is 55.6. The van der Waals surface area contributed by atoms with Gasteiger partial charge in [0.15, 0.2) is 5.96 Å². The van der Waals surface area contributed by atoms with Crippen molar-refractivity contribution in [2.75, 3.05) is 41.0 Å². The first-order chi connectivity index (χ1) is 47.5. The molecule has 4 saturated heterocycles. The van der Waals surface area contributed by atoms with E-state index in [4.69, 9.17) is 76.6 Å². The van der Waals surface area contributed by atoms with Crippen molar-refractivity contribution in [1.29, 1.82) is 0 Å². The molecule has 6 aromatic rings. The summed E-state index contributed by atoms with van der Waals surface area (Å²) in [6.45, 7) is 14.8. The molecular formula is C66H75BF9N11O13. The number of phenolic OH excluding ortho intramolecular Hbond substituents is 1. The number of aromatic hydroxyl groups is 1. The highest BCUT2D eigenvalue weighted by Gasteiger charge is 2.57. The Labute approximate surface area is 569 Å². The van der Waals surface area contributed by atoms with Crippen LogP contribution >= 0.6 is 0 Å². The smallest absolute Gasteiger partial charge is 0.490 e. The average molecular weight is 1410 g/mol. The van der Waals surface area contributed by atoms with Crippen molar-refractivity contribution < 1.29 is 103 Å². The Morgan fingerprint density at radius 2 is 1.15 bits per heavy atom. The van der Waals surface area contributed by atoms with Crippen molar-refractivity contribution >= 4 is 48.3 Å². The molecule has 4 amide bonds. The van der Waals surface area contributed by atoms with Gasteiger partial charge in [-0.3, -0.25) is 39.5 Å². The summed E-state index contributed by atoms with van der Waals surface area (Å²) in [5, 5.41) is 32.5. The molecule has 4 fully saturated rings. The van der Waals surface area contributed by atoms with Crippen molar-refractivity contribution in [2.45, 2.75) is 101 Å². The number of hydrogen-bond donors (Lipinski definition) is 6. The minimum absolute atomic E-state index is 0.0392. The van der Waals surface area contributed by atoms with Crippen LogP contribution in [0.2, 0.25) is 0 Å². The monoisotopic (exact) mass is 1410 g/mol. The van der Waals surface area contributed by atoms with Crippen LogP contribution in [0.5, 0.6) is 28.9 Å². The number of benzene rings is 3. The van der Waals surface area contributed by atoms with Crippen molar-refractivity contribution in [2.24, 2.45) is 33.5 Å². The first-order valence-electron chi connectivity index (χ1n) is 30.6. The maximum absolute atomic E-state index is 15.4. The van der Waals surface area contributed by atoms with Crippen LogP contribution in [0.3, 0.4) is 0 Å². The number of aliphatic imine (C=N–C) groups is 2. The first-order valence-corrected chi connectivity index (χ1v) is 30.6. The fourth-order valence-corrected chi connectivity index (χ4v) is 11.9. The highest BCUT2D eigenvalue weighted by molar-refractivity contribution is 6.58. The van der Waals surface area contributed by atoms with Gasteiger partial charge in [0, 0.05) is 102 Å². The molecule has 538 valence electrons. The Morgan fingerprint density at radius 3 is 1.67 bits per heavy atom. The van der Waals surface area contributed by atoms with Gasteiger partial charge in [-0.2, -0.15) is 0 Å². The molecule has 0 bridgehead atoms. The number of rotatable bonds is 8. The Hall–Kier alpha value is -9.90. The van der Waals surface area contributed by atoms with Crippen molar-refractivity contribution in [3.8, 4) is 28.9 Å². The van der Waals surface area contributed by atoms with Gasteiger partial charge in [0.25, 0.3) is 0 Å². The van der Waals surface area contributed by atoms with Crippen molar-refractivity contribution in [3.05, 3.63) is 175 Å². The number of aromatic nitrogens is 3. The van der Waals surface area contributed by atoms with E-state index in [-0.39, 0.29) is 90.2 Å². The number of hydrogen-bond acceptors (Lipinski definition) is 20. The summed E-state index contributed by atoms with van der Waals surface area (Å²) < 4.78 is 127. The Kier molecular flexibility index (Phi) is 27.5. The summed E-state index contributed by atoms with van der Waals surface area (Å²) >= 11 is 0. The Morgan fingerprint density at radius 1 is 0.640 bits per heavy atom. The lowest BCUT2D eigenvalue weighted by Gasteiger charge is -2.51. The molecule has 0 aliphatic carbocycles. The summed E-state index contributed by atoms with van der Waals surface area (Å²) in [4.78, 5) is 76.7. The van der Waals surface area contributed by atoms with Gasteiger partial charge in [-0.25, -0.2) is 32.9 Å². The summed E-state index contributed by atoms with van der Waals surface area (Å²) in [5.74, 6) is -2.01. The second-order valence-electron chi connectivity index (χ2n) is 24.5. The second-order valence-corrected chi connectivity index (χ2v) is 24.5. The van der Waals surface area contributed by atoms with Crippen LogP contribution in [0.25, 0.3) is 0 Å². The number of fused-ring (bicyclic) bond motifs is 3. The van der Waals surface area contributed by atoms with Crippen molar-refractivity contribution in [3.63, 3.8) is 0 Å². The average Bonchev–Trinajstić information content (AvgIpc) is 0.744. The van der Waals surface area contributed by atoms with E-state index in [0.717, 1.165) is 0 Å². The number of guanidine groups is 2. The molecule has 0 radical (unpaired) electrons. The highest BCUT2D eigenvalue weighted by Crippen LogP contribution is 2.49. The third-order valence-corrected chi connectivity index (χ3v) is 16.7. The molecular weight excluding hydrogens is 1340 g/mol. The second kappa shape index (κ2) is 34.7. The minimum atomic E-state index is -1.41. The topological polar surface area (TPSA) is 308 Å². The van der Waals surface area contributed by atoms with Gasteiger partial charge in [-0.1, -0.05) is 18.7 Å². The zero-order valence-electron chi connectivity index (χ0n) is 55.6. The minimum Gasteiger partial charge on any atom is -0.508 e. The molecule has 3 aromatic carbocycles. The van der Waals surface area contributed by atoms with Gasteiger partial charge in [0.05, 0.1) is 62.1 Å². The SMILES string of the molecule is C=C1N[C@@]2(c3cc(O)ccc3F)CO[C@@H](C)C[C@H]2C(=O)N1C.C[C@H]1C[C@H]2C(=O)N(C)C(N)=N[C@@]2(c2cc(Oc3cccnc3)ccc2F)CO1.C[C@H]1C[C@H]2C(=O)N(C)C(NC(=O)OC(C)(C)C)=N[C@@]2(c2cc(Oc3ccccn3)ccc2F)CO1.FF.FF.FF.OB(O)c1cccnc1. The lowest BCUT2D eigenvalue weighted by atomic mass is 9.72. The molecule has 6 aliphatic heterocycles. The van der Waals surface area contributed by atoms with E-state index >= 15 is 4.39 Å². The van der Waals surface area contributed by atoms with Crippen LogP contribution < -0.4 is 31.3 Å². The first kappa shape index (κ1) is 79.1. The predicted octanol–water partition coefficient (Wildman–Crippen LogP) is 9.37. The third kappa shape index (κ3) is 18.3. The quantitative estimate of drug-likeness (QED) is 0.0610. The number of nitrogens with two attached hydrogens (primary N) is 1. The van der Waals surface area contributed by atoms with Gasteiger partial charge in [-0.15, -0.1) is 0 Å². The molecule has 9 heterocycles. The van der Waals surface area contributed by atoms with E-state index in [1.165, 1.54) is 76.5 Å². The number of ether oxygens (including phenoxy) is 6. The number of pyridine rings is 3. The molecule has 7 N–H and O–H groups in total. The molecule has 24 nitrogen and oxygen atoms in total. The lowest BCUT2D eigenvalue weighted by Crippen LogP contribution is -2.65. The molecule has 12 rings (SSSR count). The number of halogens is 9. The van der Waals surface area contributed by atoms with E-state index in [1.807, 2.05) is 20.8 Å². The van der Waals surface area contributed by atoms with Crippen LogP contribution in [0, 0.1) is 35.2 Å². The van der Waals surface area contributed by atoms with Crippen LogP contribution in [0.4, 0.5) is 45.4 Å². The summed E-state index contributed by atoms with van der Waals surface area (Å²) in [7, 11) is 3.32. The van der Waals surface area contributed by atoms with E-state index in [2.05, 4.69) is 37.2 Å². The van der Waals surface area contributed by atoms with Gasteiger partial charge in [0.1, 0.15) is 68.5 Å². The number of phenols is 1. The van der Waals surface area contributed by atoms with Crippen LogP contribution in [0.15, 0.2) is 150 Å². The molecule has 6 aliphatic rings. The van der Waals surface area contributed by atoms with E-state index in [0.29, 0.717) is 53.7 Å². The molecule has 3 aromatic heterocycles. The number of alkyl carbamates (subject to hydrolysis) is 1. The summed E-state index contributed by atoms with van der Waals surface area (Å²) in [6.07, 6.45) is 7.75. The van der Waals surface area contributed by atoms with Gasteiger partial charge >= 0.3 is 13.2 Å². The maximum Gasteiger partial charge on any atom is 0.490 e. The van der Waals surface area contributed by atoms with Gasteiger partial charge in [0.2, 0.25) is 29.6 Å². The van der Waals surface area contributed by atoms with Gasteiger partial charge < -0.3 is 59.5 Å². The third-order valence-electron chi connectivity index (χ3n) is 16.7. The summed E-state index contributed by atoms with van der Waals surface area (Å²) in [5.41, 5.74) is 2.56. The fraction of sp³-hybridized carbons (Fsp3) is 0.379. The number of carbonyl (C=O) groups excluding carboxylic acids is 4. The van der Waals surface area contributed by atoms with Crippen LogP contribution in [-0.2, 0) is 49.9 Å². The number of nitrogens with one attached hydrogen (secondary N) is 2. The molecule has 0 unspecified atom stereocenters. The molecule has 0 saturated carbocycles. The highest BCUT2D eigenvalue weighted by atomic mass is 20.0. The van der Waals surface area contributed by atoms with E-state index < -0.39 is 70.6 Å². The fourth-order valence-electron chi connectivity index (χ4n) is 11.9. The van der Waals surface area contributed by atoms with Crippen LogP contribution in [0.1, 0.15) is 77.5 Å². The summed E-state index contributed by atoms with van der Waals surface area (Å²) in [6, 6.07) is 24.4. The van der Waals surface area contributed by atoms with Gasteiger partial charge in [-0.05, 0) is 140 Å². The number of carbonyl (C=O) groups is 4. The normalized spacial score (nSPS) is 24.1. The van der Waals surface area contributed by atoms with E-state index in [1.54, 1.807) is 108 Å². The maximum atomic E-state index is 15.4. The Balaban J connectivity index is 0.000000218. The number of nitrogens with zero attached hydrogens (tertiary/aromatic N) is 8. The predicted molar refractivity (Wildman–Crippen MR) is 345 cm³/mol.